The Bertz CT molecular complexity index is 891. The lowest BCUT2D eigenvalue weighted by atomic mass is 10.1. The summed E-state index contributed by atoms with van der Waals surface area (Å²) < 4.78 is 0. The summed E-state index contributed by atoms with van der Waals surface area (Å²) in [6, 6.07) is 16.9. The highest BCUT2D eigenvalue weighted by Crippen LogP contribution is 2.36. The Kier molecular flexibility index (Phi) is 6.04. The van der Waals surface area contributed by atoms with Crippen molar-refractivity contribution in [2.45, 2.75) is 16.3 Å². The Morgan fingerprint density at radius 1 is 1.08 bits per heavy atom. The van der Waals surface area contributed by atoms with Gasteiger partial charge in [0.25, 0.3) is 0 Å². The summed E-state index contributed by atoms with van der Waals surface area (Å²) in [7, 11) is 0. The number of anilines is 1. The Morgan fingerprint density at radius 3 is 2.50 bits per heavy atom. The minimum absolute atomic E-state index is 0.125. The van der Waals surface area contributed by atoms with Gasteiger partial charge in [-0.1, -0.05) is 53.7 Å². The van der Waals surface area contributed by atoms with Crippen LogP contribution in [0, 0.1) is 10.1 Å². The maximum Gasteiger partial charge on any atom is 0.343 e. The third-order valence-corrected chi connectivity index (χ3v) is 4.80. The van der Waals surface area contributed by atoms with Gasteiger partial charge in [0.15, 0.2) is 5.03 Å². The van der Waals surface area contributed by atoms with E-state index in [9.17, 15) is 10.1 Å². The van der Waals surface area contributed by atoms with Crippen molar-refractivity contribution < 1.29 is 4.92 Å². The molecule has 0 saturated heterocycles. The van der Waals surface area contributed by atoms with E-state index in [0.717, 1.165) is 16.9 Å². The first-order valence-electron chi connectivity index (χ1n) is 7.84. The molecule has 3 rings (SSSR count). The van der Waals surface area contributed by atoms with E-state index < -0.39 is 4.92 Å². The predicted octanol–water partition coefficient (Wildman–Crippen LogP) is 4.84. The first kappa shape index (κ1) is 18.2. The van der Waals surface area contributed by atoms with E-state index in [2.05, 4.69) is 15.3 Å². The molecule has 132 valence electrons. The summed E-state index contributed by atoms with van der Waals surface area (Å²) >= 11 is 7.08. The molecule has 0 unspecified atom stereocenters. The molecular formula is C18H15ClN4O2S. The Morgan fingerprint density at radius 2 is 1.81 bits per heavy atom. The Hall–Kier alpha value is -2.64. The summed E-state index contributed by atoms with van der Waals surface area (Å²) in [6.07, 6.45) is 2.07. The third kappa shape index (κ3) is 4.71. The monoisotopic (exact) mass is 386 g/mol. The van der Waals surface area contributed by atoms with Crippen LogP contribution in [0.3, 0.4) is 0 Å². The molecule has 8 heteroatoms. The fraction of sp³-hybridized carbons (Fsp3) is 0.111. The van der Waals surface area contributed by atoms with Crippen LogP contribution in [0.25, 0.3) is 0 Å². The standard InChI is InChI=1S/C18H15ClN4O2S/c19-14-6-8-15(9-7-14)26-18-16(23(24)25)17(21-12-22-18)20-11-10-13-4-2-1-3-5-13/h1-9,12H,10-11H2,(H,20,21,22). The smallest absolute Gasteiger partial charge is 0.343 e. The third-order valence-electron chi connectivity index (χ3n) is 3.55. The summed E-state index contributed by atoms with van der Waals surface area (Å²) in [4.78, 5) is 20.1. The van der Waals surface area contributed by atoms with Gasteiger partial charge in [0.2, 0.25) is 5.82 Å². The highest BCUT2D eigenvalue weighted by molar-refractivity contribution is 7.99. The normalized spacial score (nSPS) is 10.5. The van der Waals surface area contributed by atoms with Crippen LogP contribution in [0.5, 0.6) is 0 Å². The Labute approximate surface area is 159 Å². The van der Waals surface area contributed by atoms with E-state index in [1.54, 1.807) is 24.3 Å². The van der Waals surface area contributed by atoms with Crippen LogP contribution >= 0.6 is 23.4 Å². The molecule has 0 radical (unpaired) electrons. The van der Waals surface area contributed by atoms with E-state index in [1.807, 2.05) is 30.3 Å². The van der Waals surface area contributed by atoms with Crippen LogP contribution < -0.4 is 5.32 Å². The van der Waals surface area contributed by atoms with Gasteiger partial charge in [0.05, 0.1) is 4.92 Å². The second kappa shape index (κ2) is 8.64. The molecule has 1 N–H and O–H groups in total. The second-order valence-electron chi connectivity index (χ2n) is 5.35. The van der Waals surface area contributed by atoms with E-state index in [4.69, 9.17) is 11.6 Å². The molecule has 3 aromatic rings. The molecule has 0 fully saturated rings. The van der Waals surface area contributed by atoms with Crippen molar-refractivity contribution >= 4 is 34.9 Å². The van der Waals surface area contributed by atoms with Crippen LogP contribution in [-0.4, -0.2) is 21.4 Å². The van der Waals surface area contributed by atoms with Crippen molar-refractivity contribution in [2.24, 2.45) is 0 Å². The first-order valence-corrected chi connectivity index (χ1v) is 9.03. The number of hydrogen-bond donors (Lipinski definition) is 1. The summed E-state index contributed by atoms with van der Waals surface area (Å²) in [5, 5.41) is 15.5. The molecule has 26 heavy (non-hydrogen) atoms. The molecular weight excluding hydrogens is 372 g/mol. The van der Waals surface area contributed by atoms with E-state index >= 15 is 0 Å². The maximum atomic E-state index is 11.6. The van der Waals surface area contributed by atoms with Gasteiger partial charge in [-0.15, -0.1) is 0 Å². The topological polar surface area (TPSA) is 81.0 Å². The quantitative estimate of drug-likeness (QED) is 0.355. The van der Waals surface area contributed by atoms with Crippen LogP contribution in [0.2, 0.25) is 5.02 Å². The zero-order valence-electron chi connectivity index (χ0n) is 13.6. The predicted molar refractivity (Wildman–Crippen MR) is 103 cm³/mol. The van der Waals surface area contributed by atoms with Crippen LogP contribution in [0.1, 0.15) is 5.56 Å². The summed E-state index contributed by atoms with van der Waals surface area (Å²) in [5.74, 6) is 0.220. The van der Waals surface area contributed by atoms with Crippen molar-refractivity contribution in [1.82, 2.24) is 9.97 Å². The number of rotatable bonds is 7. The van der Waals surface area contributed by atoms with Crippen LogP contribution in [0.15, 0.2) is 70.8 Å². The van der Waals surface area contributed by atoms with Gasteiger partial charge < -0.3 is 5.32 Å². The molecule has 0 aliphatic rings. The fourth-order valence-electron chi connectivity index (χ4n) is 2.32. The Balaban J connectivity index is 1.77. The second-order valence-corrected chi connectivity index (χ2v) is 6.85. The largest absolute Gasteiger partial charge is 0.364 e. The SMILES string of the molecule is O=[N+]([O-])c1c(NCCc2ccccc2)ncnc1Sc1ccc(Cl)cc1. The molecule has 0 saturated carbocycles. The van der Waals surface area contributed by atoms with Gasteiger partial charge in [0, 0.05) is 16.5 Å². The molecule has 0 amide bonds. The van der Waals surface area contributed by atoms with Crippen LogP contribution in [-0.2, 0) is 6.42 Å². The van der Waals surface area contributed by atoms with Gasteiger partial charge >= 0.3 is 5.69 Å². The number of aromatic nitrogens is 2. The summed E-state index contributed by atoms with van der Waals surface area (Å²) in [5.41, 5.74) is 1.02. The number of nitrogens with one attached hydrogen (secondary N) is 1. The summed E-state index contributed by atoms with van der Waals surface area (Å²) in [6.45, 7) is 0.535. The van der Waals surface area contributed by atoms with E-state index in [-0.39, 0.29) is 16.5 Å². The van der Waals surface area contributed by atoms with Gasteiger partial charge in [-0.2, -0.15) is 0 Å². The minimum atomic E-state index is -0.455. The number of benzene rings is 2. The van der Waals surface area contributed by atoms with Gasteiger partial charge in [-0.05, 0) is 36.2 Å². The number of hydrogen-bond acceptors (Lipinski definition) is 6. The van der Waals surface area contributed by atoms with Gasteiger partial charge in [-0.25, -0.2) is 9.97 Å². The lowest BCUT2D eigenvalue weighted by Gasteiger charge is -2.08. The fourth-order valence-corrected chi connectivity index (χ4v) is 3.30. The molecule has 0 spiro atoms. The average Bonchev–Trinajstić information content (AvgIpc) is 2.64. The van der Waals surface area contributed by atoms with E-state index in [0.29, 0.717) is 11.6 Å². The molecule has 0 aliphatic carbocycles. The zero-order chi connectivity index (χ0) is 18.4. The number of halogens is 1. The molecule has 0 aliphatic heterocycles. The molecule has 0 bridgehead atoms. The number of nitrogens with zero attached hydrogens (tertiary/aromatic N) is 3. The van der Waals surface area contributed by atoms with Crippen molar-refractivity contribution in [3.8, 4) is 0 Å². The lowest BCUT2D eigenvalue weighted by Crippen LogP contribution is -2.09. The minimum Gasteiger partial charge on any atom is -0.364 e. The zero-order valence-corrected chi connectivity index (χ0v) is 15.2. The van der Waals surface area contributed by atoms with Crippen molar-refractivity contribution in [3.05, 3.63) is 81.6 Å². The van der Waals surface area contributed by atoms with Crippen molar-refractivity contribution in [2.75, 3.05) is 11.9 Å². The molecule has 1 aromatic heterocycles. The van der Waals surface area contributed by atoms with Gasteiger partial charge in [-0.3, -0.25) is 10.1 Å². The molecule has 1 heterocycles. The highest BCUT2D eigenvalue weighted by atomic mass is 35.5. The maximum absolute atomic E-state index is 11.6. The molecule has 6 nitrogen and oxygen atoms in total. The highest BCUT2D eigenvalue weighted by Gasteiger charge is 2.23. The van der Waals surface area contributed by atoms with E-state index in [1.165, 1.54) is 18.1 Å². The molecule has 2 aromatic carbocycles. The molecule has 0 atom stereocenters. The lowest BCUT2D eigenvalue weighted by molar-refractivity contribution is -0.387. The van der Waals surface area contributed by atoms with Crippen molar-refractivity contribution in [3.63, 3.8) is 0 Å². The van der Waals surface area contributed by atoms with Gasteiger partial charge in [0.1, 0.15) is 6.33 Å². The van der Waals surface area contributed by atoms with Crippen molar-refractivity contribution in [1.29, 1.82) is 0 Å². The first-order chi connectivity index (χ1) is 12.6. The number of nitro groups is 1. The van der Waals surface area contributed by atoms with Crippen LogP contribution in [0.4, 0.5) is 11.5 Å². The average molecular weight is 387 g/mol.